The third-order valence-electron chi connectivity index (χ3n) is 3.95. The number of halogens is 2. The first-order valence-electron chi connectivity index (χ1n) is 8.29. The molecule has 3 rings (SSSR count). The molecule has 2 aromatic carbocycles. The number of sulfonamides is 1. The molecule has 1 aromatic heterocycles. The summed E-state index contributed by atoms with van der Waals surface area (Å²) in [5.74, 6) is -0.0468. The summed E-state index contributed by atoms with van der Waals surface area (Å²) < 4.78 is 28.3. The molecule has 30 heavy (non-hydrogen) atoms. The van der Waals surface area contributed by atoms with Gasteiger partial charge in [0, 0.05) is 11.6 Å². The number of anilines is 1. The topological polar surface area (TPSA) is 126 Å². The molecule has 3 aromatic rings. The Morgan fingerprint density at radius 3 is 2.27 bits per heavy atom. The number of primary sulfonamides is 1. The van der Waals surface area contributed by atoms with Crippen LogP contribution < -0.4 is 10.5 Å². The van der Waals surface area contributed by atoms with Crippen molar-refractivity contribution in [3.8, 4) is 17.4 Å². The smallest absolute Gasteiger partial charge is 0.266 e. The molecule has 1 amide bonds. The van der Waals surface area contributed by atoms with Gasteiger partial charge in [0.05, 0.1) is 20.6 Å². The zero-order valence-corrected chi connectivity index (χ0v) is 17.4. The average Bonchev–Trinajstić information content (AvgIpc) is 3.17. The number of hydrogen-bond donors (Lipinski definition) is 2. The number of para-hydroxylation sites is 1. The zero-order chi connectivity index (χ0) is 21.9. The summed E-state index contributed by atoms with van der Waals surface area (Å²) in [6, 6.07) is 15.5. The summed E-state index contributed by atoms with van der Waals surface area (Å²) in [4.78, 5) is 12.4. The summed E-state index contributed by atoms with van der Waals surface area (Å²) in [5, 5.41) is 17.4. The molecule has 0 spiro atoms. The molecule has 0 fully saturated rings. The SMILES string of the molecule is N#C/C(=C\c1ccc(-c2ccc(S(N)(=O)=O)cc2)o1)C(=O)Nc1c(Cl)cccc1Cl. The van der Waals surface area contributed by atoms with Gasteiger partial charge in [-0.2, -0.15) is 5.26 Å². The van der Waals surface area contributed by atoms with Crippen molar-refractivity contribution in [2.45, 2.75) is 4.90 Å². The minimum atomic E-state index is -3.80. The van der Waals surface area contributed by atoms with Crippen LogP contribution in [0.5, 0.6) is 0 Å². The molecule has 0 aliphatic carbocycles. The van der Waals surface area contributed by atoms with Gasteiger partial charge in [-0.1, -0.05) is 29.3 Å². The van der Waals surface area contributed by atoms with Crippen LogP contribution in [0.2, 0.25) is 10.0 Å². The normalized spacial score (nSPS) is 11.7. The van der Waals surface area contributed by atoms with Gasteiger partial charge in [0.2, 0.25) is 10.0 Å². The Morgan fingerprint density at radius 1 is 1.07 bits per heavy atom. The number of nitrogens with zero attached hydrogens (tertiary/aromatic N) is 1. The molecular weight excluding hydrogens is 449 g/mol. The predicted molar refractivity (Wildman–Crippen MR) is 114 cm³/mol. The maximum Gasteiger partial charge on any atom is 0.266 e. The highest BCUT2D eigenvalue weighted by molar-refractivity contribution is 7.89. The standard InChI is InChI=1S/C20H13Cl2N3O4S/c21-16-2-1-3-17(22)19(16)25-20(26)13(11-23)10-14-6-9-18(29-14)12-4-7-15(8-5-12)30(24,27)28/h1-10H,(H,25,26)(H2,24,27,28)/b13-10+. The molecule has 0 saturated heterocycles. The first-order chi connectivity index (χ1) is 14.2. The third kappa shape index (κ3) is 4.90. The molecule has 0 atom stereocenters. The summed E-state index contributed by atoms with van der Waals surface area (Å²) in [7, 11) is -3.80. The zero-order valence-electron chi connectivity index (χ0n) is 15.1. The molecule has 0 aliphatic rings. The molecule has 7 nitrogen and oxygen atoms in total. The van der Waals surface area contributed by atoms with Crippen molar-refractivity contribution in [1.82, 2.24) is 0 Å². The highest BCUT2D eigenvalue weighted by Gasteiger charge is 2.15. The van der Waals surface area contributed by atoms with Gasteiger partial charge in [-0.3, -0.25) is 4.79 Å². The van der Waals surface area contributed by atoms with Crippen LogP contribution in [-0.4, -0.2) is 14.3 Å². The van der Waals surface area contributed by atoms with Crippen LogP contribution in [0.25, 0.3) is 17.4 Å². The highest BCUT2D eigenvalue weighted by Crippen LogP contribution is 2.30. The van der Waals surface area contributed by atoms with E-state index in [1.54, 1.807) is 36.4 Å². The fourth-order valence-corrected chi connectivity index (χ4v) is 3.49. The average molecular weight is 462 g/mol. The molecule has 0 saturated carbocycles. The number of nitrogens with one attached hydrogen (secondary N) is 1. The molecule has 0 bridgehead atoms. The van der Waals surface area contributed by atoms with E-state index in [4.69, 9.17) is 32.8 Å². The maximum absolute atomic E-state index is 12.4. The van der Waals surface area contributed by atoms with E-state index in [9.17, 15) is 18.5 Å². The van der Waals surface area contributed by atoms with Crippen LogP contribution in [0.3, 0.4) is 0 Å². The number of rotatable bonds is 5. The predicted octanol–water partition coefficient (Wildman–Crippen LogP) is 4.45. The lowest BCUT2D eigenvalue weighted by Gasteiger charge is -2.08. The lowest BCUT2D eigenvalue weighted by Crippen LogP contribution is -2.14. The number of amides is 1. The summed E-state index contributed by atoms with van der Waals surface area (Å²) >= 11 is 12.1. The second-order valence-corrected chi connectivity index (χ2v) is 8.37. The summed E-state index contributed by atoms with van der Waals surface area (Å²) in [6.07, 6.45) is 1.27. The number of carbonyl (C=O) groups excluding carboxylic acids is 1. The molecule has 0 unspecified atom stereocenters. The lowest BCUT2D eigenvalue weighted by atomic mass is 10.2. The largest absolute Gasteiger partial charge is 0.457 e. The molecule has 0 aliphatic heterocycles. The minimum absolute atomic E-state index is 0.0282. The number of nitrogens with two attached hydrogens (primary N) is 1. The fourth-order valence-electron chi connectivity index (χ4n) is 2.48. The summed E-state index contributed by atoms with van der Waals surface area (Å²) in [6.45, 7) is 0. The van der Waals surface area contributed by atoms with Crippen molar-refractivity contribution in [2.75, 3.05) is 5.32 Å². The van der Waals surface area contributed by atoms with Crippen molar-refractivity contribution in [3.05, 3.63) is 76.0 Å². The van der Waals surface area contributed by atoms with E-state index in [1.165, 1.54) is 30.3 Å². The molecule has 0 radical (unpaired) electrons. The Kier molecular flexibility index (Phi) is 6.29. The van der Waals surface area contributed by atoms with Crippen LogP contribution in [0.1, 0.15) is 5.76 Å². The van der Waals surface area contributed by atoms with Gasteiger partial charge in [0.25, 0.3) is 5.91 Å². The first-order valence-corrected chi connectivity index (χ1v) is 10.6. The highest BCUT2D eigenvalue weighted by atomic mass is 35.5. The lowest BCUT2D eigenvalue weighted by molar-refractivity contribution is -0.112. The van der Waals surface area contributed by atoms with E-state index in [0.29, 0.717) is 11.3 Å². The van der Waals surface area contributed by atoms with E-state index < -0.39 is 15.9 Å². The van der Waals surface area contributed by atoms with Gasteiger partial charge in [-0.25, -0.2) is 13.6 Å². The van der Waals surface area contributed by atoms with Crippen LogP contribution >= 0.6 is 23.2 Å². The molecule has 152 valence electrons. The van der Waals surface area contributed by atoms with Crippen molar-refractivity contribution < 1.29 is 17.6 Å². The number of nitriles is 1. The molecule has 1 heterocycles. The third-order valence-corrected chi connectivity index (χ3v) is 5.51. The molecule has 10 heteroatoms. The van der Waals surface area contributed by atoms with Crippen molar-refractivity contribution in [3.63, 3.8) is 0 Å². The van der Waals surface area contributed by atoms with Crippen molar-refractivity contribution >= 4 is 50.9 Å². The number of furan rings is 1. The van der Waals surface area contributed by atoms with Crippen molar-refractivity contribution in [2.24, 2.45) is 5.14 Å². The fraction of sp³-hybridized carbons (Fsp3) is 0. The van der Waals surface area contributed by atoms with Crippen molar-refractivity contribution in [1.29, 1.82) is 5.26 Å². The van der Waals surface area contributed by atoms with Gasteiger partial charge in [-0.15, -0.1) is 0 Å². The van der Waals surface area contributed by atoms with E-state index >= 15 is 0 Å². The monoisotopic (exact) mass is 461 g/mol. The molecular formula is C20H13Cl2N3O4S. The Morgan fingerprint density at radius 2 is 1.70 bits per heavy atom. The van der Waals surface area contributed by atoms with Gasteiger partial charge in [0.1, 0.15) is 23.2 Å². The van der Waals surface area contributed by atoms with Gasteiger partial charge in [0.15, 0.2) is 0 Å². The minimum Gasteiger partial charge on any atom is -0.457 e. The Labute approximate surface area is 182 Å². The van der Waals surface area contributed by atoms with Crippen LogP contribution in [0.15, 0.2) is 69.5 Å². The summed E-state index contributed by atoms with van der Waals surface area (Å²) in [5.41, 5.74) is 0.561. The number of benzene rings is 2. The second kappa shape index (κ2) is 8.73. The van der Waals surface area contributed by atoms with Crippen LogP contribution in [0, 0.1) is 11.3 Å². The van der Waals surface area contributed by atoms with E-state index in [0.717, 1.165) is 0 Å². The van der Waals surface area contributed by atoms with Crippen LogP contribution in [-0.2, 0) is 14.8 Å². The van der Waals surface area contributed by atoms with E-state index in [2.05, 4.69) is 5.32 Å². The van der Waals surface area contributed by atoms with Gasteiger partial charge in [-0.05, 0) is 48.5 Å². The maximum atomic E-state index is 12.4. The quantitative estimate of drug-likeness (QED) is 0.428. The second-order valence-electron chi connectivity index (χ2n) is 5.99. The Bertz CT molecular complexity index is 1270. The number of carbonyl (C=O) groups is 1. The van der Waals surface area contributed by atoms with Gasteiger partial charge < -0.3 is 9.73 Å². The van der Waals surface area contributed by atoms with E-state index in [1.807, 2.05) is 0 Å². The number of hydrogen-bond acceptors (Lipinski definition) is 5. The Balaban J connectivity index is 1.83. The van der Waals surface area contributed by atoms with E-state index in [-0.39, 0.29) is 32.0 Å². The Hall–Kier alpha value is -3.09. The first kappa shape index (κ1) is 21.6. The van der Waals surface area contributed by atoms with Gasteiger partial charge >= 0.3 is 0 Å². The van der Waals surface area contributed by atoms with Crippen LogP contribution in [0.4, 0.5) is 5.69 Å². The molecule has 3 N–H and O–H groups in total.